The Bertz CT molecular complexity index is 1160. The number of phenols is 1. The molecule has 1 amide bonds. The van der Waals surface area contributed by atoms with E-state index in [1.807, 2.05) is 0 Å². The van der Waals surface area contributed by atoms with Crippen LogP contribution in [0.5, 0.6) is 5.75 Å². The van der Waals surface area contributed by atoms with E-state index < -0.39 is 75.0 Å². The molecule has 0 aliphatic heterocycles. The number of aliphatic hydroxyl groups excluding tert-OH is 2. The molecule has 3 aliphatic carbocycles. The van der Waals surface area contributed by atoms with Crippen LogP contribution in [0.4, 0.5) is 0 Å². The van der Waals surface area contributed by atoms with Crippen molar-refractivity contribution in [1.82, 2.24) is 4.90 Å². The lowest BCUT2D eigenvalue weighted by Gasteiger charge is -2.53. The number of benzene rings is 1. The number of aliphatic hydroxyl groups is 4. The molecule has 33 heavy (non-hydrogen) atoms. The molecular formula is C22H25ClN2O8. The summed E-state index contributed by atoms with van der Waals surface area (Å²) in [4.78, 5) is 40.0. The molecule has 1 aromatic carbocycles. The van der Waals surface area contributed by atoms with Gasteiger partial charge in [-0.1, -0.05) is 12.1 Å². The van der Waals surface area contributed by atoms with Gasteiger partial charge in [-0.25, -0.2) is 0 Å². The van der Waals surface area contributed by atoms with Crippen molar-refractivity contribution in [1.29, 1.82) is 0 Å². The predicted octanol–water partition coefficient (Wildman–Crippen LogP) is 0.0508. The average Bonchev–Trinajstić information content (AvgIpc) is 2.68. The number of rotatable bonds is 2. The zero-order valence-corrected chi connectivity index (χ0v) is 18.9. The molecule has 4 rings (SSSR count). The number of hydrogen-bond acceptors (Lipinski definition) is 9. The minimum absolute atomic E-state index is 0. The van der Waals surface area contributed by atoms with Gasteiger partial charge in [0, 0.05) is 17.4 Å². The topological polar surface area (TPSA) is 182 Å². The third-order valence-electron chi connectivity index (χ3n) is 7.02. The summed E-state index contributed by atoms with van der Waals surface area (Å²) in [7, 11) is 3.01. The minimum atomic E-state index is -2.75. The number of aromatic hydroxyl groups is 1. The normalized spacial score (nSPS) is 33.3. The lowest BCUT2D eigenvalue weighted by atomic mass is 9.54. The molecule has 178 valence electrons. The van der Waals surface area contributed by atoms with Gasteiger partial charge in [-0.15, -0.1) is 12.4 Å². The largest absolute Gasteiger partial charge is 0.508 e. The number of amides is 1. The van der Waals surface area contributed by atoms with Crippen LogP contribution in [0.25, 0.3) is 5.76 Å². The molecule has 7 N–H and O–H groups in total. The van der Waals surface area contributed by atoms with E-state index in [4.69, 9.17) is 5.73 Å². The molecular weight excluding hydrogens is 456 g/mol. The van der Waals surface area contributed by atoms with Gasteiger partial charge >= 0.3 is 0 Å². The SMILES string of the molecule is CN(C)C1C(=O)C(C(N)=O)=C(O)[C@@]2(O)C(=O)C3=C(O)c4c(O)cccc4C(C)(O)C3CC12.Cl. The fraction of sp³-hybridized carbons (Fsp3) is 0.409. The van der Waals surface area contributed by atoms with E-state index >= 15 is 0 Å². The van der Waals surface area contributed by atoms with Crippen LogP contribution in [0.15, 0.2) is 35.1 Å². The standard InChI is InChI=1S/C22H24N2O8.ClH/c1-21(31)8-5-4-6-11(25)12(8)16(26)13-9(21)7-10-15(24(2)3)17(27)14(20(23)30)19(29)22(10,32)18(13)28;/h4-6,9-10,15,25-26,29,31-32H,7H2,1-3H3,(H2,23,30);1H/t9?,10?,15?,21?,22-;/m0./s1. The number of phenolic OH excluding ortho intramolecular Hbond substituents is 1. The summed E-state index contributed by atoms with van der Waals surface area (Å²) in [6, 6.07) is 3.02. The number of likely N-dealkylation sites (N-methyl/N-ethyl adjacent to an activating group) is 1. The highest BCUT2D eigenvalue weighted by atomic mass is 35.5. The van der Waals surface area contributed by atoms with E-state index in [1.165, 1.54) is 44.1 Å². The van der Waals surface area contributed by atoms with Crippen LogP contribution in [-0.2, 0) is 20.0 Å². The molecule has 1 aromatic rings. The Kier molecular flexibility index (Phi) is 5.66. The minimum Gasteiger partial charge on any atom is -0.508 e. The first-order valence-corrected chi connectivity index (χ1v) is 9.97. The summed E-state index contributed by atoms with van der Waals surface area (Å²) >= 11 is 0. The first kappa shape index (κ1) is 24.7. The van der Waals surface area contributed by atoms with Gasteiger partial charge in [0.25, 0.3) is 5.91 Å². The Morgan fingerprint density at radius 3 is 2.30 bits per heavy atom. The molecule has 10 nitrogen and oxygen atoms in total. The Morgan fingerprint density at radius 2 is 1.76 bits per heavy atom. The summed E-state index contributed by atoms with van der Waals surface area (Å²) < 4.78 is 0. The maximum absolute atomic E-state index is 13.7. The third kappa shape index (κ3) is 2.95. The summed E-state index contributed by atoms with van der Waals surface area (Å²) in [6.07, 6.45) is -0.200. The zero-order valence-electron chi connectivity index (χ0n) is 18.1. The number of Topliss-reactive ketones (excluding diaryl/α,β-unsaturated/α-hetero) is 2. The van der Waals surface area contributed by atoms with Crippen molar-refractivity contribution < 1.29 is 39.9 Å². The van der Waals surface area contributed by atoms with Crippen molar-refractivity contribution in [3.05, 3.63) is 46.2 Å². The Hall–Kier alpha value is -2.92. The summed E-state index contributed by atoms with van der Waals surface area (Å²) in [5.74, 6) is -7.90. The molecule has 0 saturated heterocycles. The monoisotopic (exact) mass is 480 g/mol. The zero-order chi connectivity index (χ0) is 23.9. The van der Waals surface area contributed by atoms with Crippen molar-refractivity contribution >= 4 is 35.6 Å². The van der Waals surface area contributed by atoms with Crippen LogP contribution in [-0.4, -0.2) is 73.6 Å². The van der Waals surface area contributed by atoms with Crippen LogP contribution in [0.3, 0.4) is 0 Å². The maximum Gasteiger partial charge on any atom is 0.255 e. The second-order valence-corrected chi connectivity index (χ2v) is 8.96. The number of hydrogen-bond donors (Lipinski definition) is 6. The molecule has 11 heteroatoms. The van der Waals surface area contributed by atoms with Gasteiger partial charge in [-0.2, -0.15) is 0 Å². The van der Waals surface area contributed by atoms with Crippen LogP contribution >= 0.6 is 12.4 Å². The van der Waals surface area contributed by atoms with E-state index in [2.05, 4.69) is 0 Å². The van der Waals surface area contributed by atoms with Gasteiger partial charge in [-0.3, -0.25) is 19.3 Å². The van der Waals surface area contributed by atoms with Gasteiger partial charge in [0.15, 0.2) is 11.4 Å². The lowest BCUT2D eigenvalue weighted by Crippen LogP contribution is -2.67. The number of primary amides is 1. The second kappa shape index (κ2) is 7.56. The predicted molar refractivity (Wildman–Crippen MR) is 117 cm³/mol. The molecule has 5 atom stereocenters. The number of halogens is 1. The summed E-state index contributed by atoms with van der Waals surface area (Å²) in [5.41, 5.74) is -0.548. The molecule has 0 heterocycles. The third-order valence-corrected chi connectivity index (χ3v) is 7.02. The van der Waals surface area contributed by atoms with Gasteiger partial charge in [-0.05, 0) is 39.1 Å². The summed E-state index contributed by atoms with van der Waals surface area (Å²) in [5, 5.41) is 54.9. The molecule has 0 spiro atoms. The fourth-order valence-electron chi connectivity index (χ4n) is 5.50. The van der Waals surface area contributed by atoms with Gasteiger partial charge in [0.05, 0.1) is 17.2 Å². The number of nitrogens with two attached hydrogens (primary N) is 1. The van der Waals surface area contributed by atoms with Crippen LogP contribution in [0.1, 0.15) is 24.5 Å². The van der Waals surface area contributed by atoms with E-state index in [9.17, 15) is 39.9 Å². The van der Waals surface area contributed by atoms with Crippen LogP contribution in [0, 0.1) is 11.8 Å². The first-order chi connectivity index (χ1) is 14.8. The molecule has 0 bridgehead atoms. The van der Waals surface area contributed by atoms with E-state index in [1.54, 1.807) is 0 Å². The highest BCUT2D eigenvalue weighted by Crippen LogP contribution is 2.57. The molecule has 4 unspecified atom stereocenters. The van der Waals surface area contributed by atoms with Crippen molar-refractivity contribution in [2.45, 2.75) is 30.6 Å². The molecule has 1 fully saturated rings. The number of carbonyl (C=O) groups is 3. The fourth-order valence-corrected chi connectivity index (χ4v) is 5.50. The van der Waals surface area contributed by atoms with Crippen LogP contribution < -0.4 is 5.73 Å². The molecule has 3 aliphatic rings. The molecule has 0 aromatic heterocycles. The number of ketones is 2. The van der Waals surface area contributed by atoms with Gasteiger partial charge in [0.2, 0.25) is 5.78 Å². The van der Waals surface area contributed by atoms with Gasteiger partial charge in [0.1, 0.15) is 22.8 Å². The number of fused-ring (bicyclic) bond motifs is 3. The van der Waals surface area contributed by atoms with E-state index in [-0.39, 0.29) is 30.0 Å². The van der Waals surface area contributed by atoms with Crippen molar-refractivity contribution in [3.63, 3.8) is 0 Å². The highest BCUT2D eigenvalue weighted by Gasteiger charge is 2.66. The number of carbonyl (C=O) groups excluding carboxylic acids is 3. The Labute approximate surface area is 195 Å². The van der Waals surface area contributed by atoms with Crippen molar-refractivity contribution in [2.75, 3.05) is 14.1 Å². The van der Waals surface area contributed by atoms with E-state index in [0.717, 1.165) is 0 Å². The average molecular weight is 481 g/mol. The van der Waals surface area contributed by atoms with Gasteiger partial charge < -0.3 is 31.3 Å². The lowest BCUT2D eigenvalue weighted by molar-refractivity contribution is -0.159. The highest BCUT2D eigenvalue weighted by molar-refractivity contribution is 6.24. The Morgan fingerprint density at radius 1 is 1.15 bits per heavy atom. The number of nitrogens with zero attached hydrogens (tertiary/aromatic N) is 1. The molecule has 0 radical (unpaired) electrons. The smallest absolute Gasteiger partial charge is 0.255 e. The summed E-state index contributed by atoms with van der Waals surface area (Å²) in [6.45, 7) is 1.40. The maximum atomic E-state index is 13.7. The quantitative estimate of drug-likeness (QED) is 0.318. The van der Waals surface area contributed by atoms with E-state index in [0.29, 0.717) is 0 Å². The van der Waals surface area contributed by atoms with Crippen molar-refractivity contribution in [3.8, 4) is 5.75 Å². The second-order valence-electron chi connectivity index (χ2n) is 8.96. The molecule has 1 saturated carbocycles. The van der Waals surface area contributed by atoms with Crippen molar-refractivity contribution in [2.24, 2.45) is 17.6 Å². The first-order valence-electron chi connectivity index (χ1n) is 9.97. The Balaban J connectivity index is 0.00000306. The van der Waals surface area contributed by atoms with Crippen LogP contribution in [0.2, 0.25) is 0 Å².